The molecule has 3 rings (SSSR count). The van der Waals surface area contributed by atoms with Crippen molar-refractivity contribution in [3.8, 4) is 0 Å². The summed E-state index contributed by atoms with van der Waals surface area (Å²) >= 11 is 0. The number of rotatable bonds is 4. The van der Waals surface area contributed by atoms with Gasteiger partial charge in [-0.15, -0.1) is 0 Å². The third-order valence-electron chi connectivity index (χ3n) is 5.62. The van der Waals surface area contributed by atoms with E-state index in [9.17, 15) is 18.0 Å². The van der Waals surface area contributed by atoms with Crippen LogP contribution in [0.25, 0.3) is 0 Å². The topological polar surface area (TPSA) is 23.6 Å². The number of nitrogens with zero attached hydrogens (tertiary/aromatic N) is 2. The number of piperidine rings is 1. The van der Waals surface area contributed by atoms with Gasteiger partial charge in [0.2, 0.25) is 5.91 Å². The largest absolute Gasteiger partial charge is 0.416 e. The minimum Gasteiger partial charge on any atom is -0.342 e. The van der Waals surface area contributed by atoms with Crippen molar-refractivity contribution in [3.63, 3.8) is 0 Å². The van der Waals surface area contributed by atoms with E-state index in [1.807, 2.05) is 11.9 Å². The van der Waals surface area contributed by atoms with Gasteiger partial charge in [0.05, 0.1) is 5.56 Å². The summed E-state index contributed by atoms with van der Waals surface area (Å²) in [5, 5.41) is 0. The molecule has 1 aliphatic carbocycles. The minimum atomic E-state index is -4.32. The zero-order valence-corrected chi connectivity index (χ0v) is 14.6. The average Bonchev–Trinajstić information content (AvgIpc) is 2.53. The zero-order valence-electron chi connectivity index (χ0n) is 14.6. The molecular weight excluding hydrogens is 329 g/mol. The summed E-state index contributed by atoms with van der Waals surface area (Å²) in [4.78, 5) is 16.3. The molecule has 2 aliphatic rings. The molecule has 0 N–H and O–H groups in total. The third kappa shape index (κ3) is 4.17. The maximum atomic E-state index is 13.1. The predicted molar refractivity (Wildman–Crippen MR) is 89.9 cm³/mol. The van der Waals surface area contributed by atoms with Crippen molar-refractivity contribution < 1.29 is 18.0 Å². The van der Waals surface area contributed by atoms with Gasteiger partial charge >= 0.3 is 6.18 Å². The van der Waals surface area contributed by atoms with Crippen LogP contribution in [0.4, 0.5) is 13.2 Å². The smallest absolute Gasteiger partial charge is 0.342 e. The van der Waals surface area contributed by atoms with Crippen molar-refractivity contribution in [3.05, 3.63) is 35.4 Å². The highest BCUT2D eigenvalue weighted by Gasteiger charge is 2.35. The van der Waals surface area contributed by atoms with E-state index < -0.39 is 11.7 Å². The van der Waals surface area contributed by atoms with Crippen LogP contribution < -0.4 is 0 Å². The van der Waals surface area contributed by atoms with E-state index in [0.717, 1.165) is 51.3 Å². The Balaban J connectivity index is 1.55. The van der Waals surface area contributed by atoms with Gasteiger partial charge < -0.3 is 4.90 Å². The van der Waals surface area contributed by atoms with Crippen molar-refractivity contribution in [2.45, 2.75) is 50.9 Å². The maximum Gasteiger partial charge on any atom is 0.416 e. The second-order valence-corrected chi connectivity index (χ2v) is 7.24. The fraction of sp³-hybridized carbons (Fsp3) is 0.632. The molecule has 0 bridgehead atoms. The lowest BCUT2D eigenvalue weighted by Gasteiger charge is -2.39. The molecule has 3 nitrogen and oxygen atoms in total. The highest BCUT2D eigenvalue weighted by molar-refractivity contribution is 5.79. The van der Waals surface area contributed by atoms with Gasteiger partial charge in [0, 0.05) is 38.6 Å². The van der Waals surface area contributed by atoms with E-state index >= 15 is 0 Å². The maximum absolute atomic E-state index is 13.1. The van der Waals surface area contributed by atoms with E-state index in [2.05, 4.69) is 4.90 Å². The number of hydrogen-bond acceptors (Lipinski definition) is 2. The van der Waals surface area contributed by atoms with Crippen LogP contribution in [0.3, 0.4) is 0 Å². The van der Waals surface area contributed by atoms with Crippen molar-refractivity contribution >= 4 is 5.91 Å². The highest BCUT2D eigenvalue weighted by Crippen LogP contribution is 2.33. The molecule has 0 radical (unpaired) electrons. The molecule has 1 amide bonds. The van der Waals surface area contributed by atoms with Crippen molar-refractivity contribution in [1.29, 1.82) is 0 Å². The molecule has 1 aromatic rings. The van der Waals surface area contributed by atoms with Crippen LogP contribution >= 0.6 is 0 Å². The number of benzene rings is 1. The average molecular weight is 354 g/mol. The second-order valence-electron chi connectivity index (χ2n) is 7.24. The Kier molecular flexibility index (Phi) is 5.37. The third-order valence-corrected chi connectivity index (χ3v) is 5.62. The number of alkyl halides is 3. The first-order chi connectivity index (χ1) is 11.9. The van der Waals surface area contributed by atoms with Crippen molar-refractivity contribution in [2.24, 2.45) is 5.92 Å². The summed E-state index contributed by atoms with van der Waals surface area (Å²) in [6, 6.07) is 6.00. The number of likely N-dealkylation sites (tertiary alicyclic amines) is 1. The highest BCUT2D eigenvalue weighted by atomic mass is 19.4. The van der Waals surface area contributed by atoms with E-state index in [0.29, 0.717) is 12.1 Å². The SMILES string of the molecule is CN(C(=O)C1CCC1)C1CCN(Cc2ccccc2C(F)(F)F)CC1. The summed E-state index contributed by atoms with van der Waals surface area (Å²) in [5.74, 6) is 0.439. The van der Waals surface area contributed by atoms with E-state index in [1.54, 1.807) is 12.1 Å². The molecule has 0 unspecified atom stereocenters. The Morgan fingerprint density at radius 1 is 1.16 bits per heavy atom. The molecule has 1 saturated carbocycles. The predicted octanol–water partition coefficient (Wildman–Crippen LogP) is 3.93. The van der Waals surface area contributed by atoms with Gasteiger partial charge in [0.1, 0.15) is 0 Å². The molecule has 138 valence electrons. The van der Waals surface area contributed by atoms with Gasteiger partial charge in [-0.3, -0.25) is 9.69 Å². The fourth-order valence-electron chi connectivity index (χ4n) is 3.76. The quantitative estimate of drug-likeness (QED) is 0.818. The van der Waals surface area contributed by atoms with E-state index in [4.69, 9.17) is 0 Å². The van der Waals surface area contributed by atoms with Crippen LogP contribution in [0.15, 0.2) is 24.3 Å². The first-order valence-corrected chi connectivity index (χ1v) is 9.00. The molecule has 1 saturated heterocycles. The molecule has 0 spiro atoms. The first kappa shape index (κ1) is 18.2. The summed E-state index contributed by atoms with van der Waals surface area (Å²) in [6.07, 6.45) is 0.463. The lowest BCUT2D eigenvalue weighted by molar-refractivity contribution is -0.140. The summed E-state index contributed by atoms with van der Waals surface area (Å²) in [7, 11) is 1.87. The molecule has 25 heavy (non-hydrogen) atoms. The Morgan fingerprint density at radius 3 is 2.36 bits per heavy atom. The normalized spacial score (nSPS) is 20.3. The van der Waals surface area contributed by atoms with Gasteiger partial charge in [-0.25, -0.2) is 0 Å². The molecule has 0 atom stereocenters. The van der Waals surface area contributed by atoms with Crippen LogP contribution in [0, 0.1) is 5.92 Å². The Hall–Kier alpha value is -1.56. The standard InChI is InChI=1S/C19H25F3N2O/c1-23(18(25)14-6-4-7-14)16-9-11-24(12-10-16)13-15-5-2-3-8-17(15)19(20,21)22/h2-3,5,8,14,16H,4,6-7,9-13H2,1H3. The number of halogens is 3. The van der Waals surface area contributed by atoms with Crippen LogP contribution in [0.2, 0.25) is 0 Å². The molecule has 1 aliphatic heterocycles. The Labute approximate surface area is 146 Å². The van der Waals surface area contributed by atoms with Crippen LogP contribution in [0.1, 0.15) is 43.2 Å². The van der Waals surface area contributed by atoms with Crippen molar-refractivity contribution in [1.82, 2.24) is 9.80 Å². The molecule has 2 fully saturated rings. The van der Waals surface area contributed by atoms with E-state index in [-0.39, 0.29) is 17.9 Å². The van der Waals surface area contributed by atoms with Gasteiger partial charge in [0.15, 0.2) is 0 Å². The Morgan fingerprint density at radius 2 is 1.80 bits per heavy atom. The van der Waals surface area contributed by atoms with Crippen LogP contribution in [-0.4, -0.2) is 41.9 Å². The van der Waals surface area contributed by atoms with Gasteiger partial charge in [-0.1, -0.05) is 24.6 Å². The summed E-state index contributed by atoms with van der Waals surface area (Å²) in [6.45, 7) is 1.75. The monoisotopic (exact) mass is 354 g/mol. The van der Waals surface area contributed by atoms with Crippen molar-refractivity contribution in [2.75, 3.05) is 20.1 Å². The first-order valence-electron chi connectivity index (χ1n) is 9.00. The second kappa shape index (κ2) is 7.36. The number of carbonyl (C=O) groups is 1. The molecule has 0 aromatic heterocycles. The number of amides is 1. The van der Waals surface area contributed by atoms with Crippen LogP contribution in [-0.2, 0) is 17.5 Å². The number of carbonyl (C=O) groups excluding carboxylic acids is 1. The lowest BCUT2D eigenvalue weighted by Crippen LogP contribution is -2.48. The van der Waals surface area contributed by atoms with Gasteiger partial charge in [-0.05, 0) is 37.3 Å². The molecule has 1 heterocycles. The Bertz CT molecular complexity index is 605. The van der Waals surface area contributed by atoms with E-state index in [1.165, 1.54) is 6.07 Å². The molecule has 6 heteroatoms. The molecular formula is C19H25F3N2O. The van der Waals surface area contributed by atoms with Gasteiger partial charge in [0.25, 0.3) is 0 Å². The summed E-state index contributed by atoms with van der Waals surface area (Å²) in [5.41, 5.74) is -0.221. The minimum absolute atomic E-state index is 0.196. The van der Waals surface area contributed by atoms with Crippen LogP contribution in [0.5, 0.6) is 0 Å². The summed E-state index contributed by atoms with van der Waals surface area (Å²) < 4.78 is 39.3. The zero-order chi connectivity index (χ0) is 18.0. The fourth-order valence-corrected chi connectivity index (χ4v) is 3.76. The number of hydrogen-bond donors (Lipinski definition) is 0. The lowest BCUT2D eigenvalue weighted by atomic mass is 9.84. The molecule has 1 aromatic carbocycles. The van der Waals surface area contributed by atoms with Gasteiger partial charge in [-0.2, -0.15) is 13.2 Å².